The molecule has 0 aliphatic carbocycles. The molecular formula is C22H27N3O2S. The van der Waals surface area contributed by atoms with Crippen molar-refractivity contribution in [2.24, 2.45) is 4.99 Å². The van der Waals surface area contributed by atoms with E-state index < -0.39 is 0 Å². The molecular weight excluding hydrogens is 370 g/mol. The van der Waals surface area contributed by atoms with E-state index in [-0.39, 0.29) is 0 Å². The smallest absolute Gasteiger partial charge is 0.194 e. The lowest BCUT2D eigenvalue weighted by Crippen LogP contribution is -2.16. The number of unbranched alkanes of at least 4 members (excludes halogenated alkanes) is 1. The molecule has 0 bridgehead atoms. The van der Waals surface area contributed by atoms with Gasteiger partial charge in [0.05, 0.1) is 12.3 Å². The Bertz CT molecular complexity index is 941. The Morgan fingerprint density at radius 3 is 2.32 bits per heavy atom. The van der Waals surface area contributed by atoms with Crippen LogP contribution < -0.4 is 14.4 Å². The Labute approximate surface area is 170 Å². The average molecular weight is 398 g/mol. The molecule has 0 radical (unpaired) electrons. The SMILES string of the molecule is CCCCOc1ccc(N=c2scc(C)n2-c2ccc(ON(C)C)cc2)cc1. The number of hydroxylamine groups is 2. The number of benzene rings is 2. The molecule has 0 spiro atoms. The average Bonchev–Trinajstić information content (AvgIpc) is 3.04. The van der Waals surface area contributed by atoms with Crippen LogP contribution in [0, 0.1) is 6.92 Å². The van der Waals surface area contributed by atoms with Crippen LogP contribution in [0.3, 0.4) is 0 Å². The van der Waals surface area contributed by atoms with Crippen molar-refractivity contribution in [3.63, 3.8) is 0 Å². The second-order valence-electron chi connectivity index (χ2n) is 6.70. The highest BCUT2D eigenvalue weighted by Gasteiger charge is 2.06. The Balaban J connectivity index is 1.84. The van der Waals surface area contributed by atoms with Gasteiger partial charge in [-0.15, -0.1) is 11.3 Å². The largest absolute Gasteiger partial charge is 0.494 e. The normalized spacial score (nSPS) is 11.8. The molecule has 2 aromatic carbocycles. The number of thiazole rings is 1. The van der Waals surface area contributed by atoms with Gasteiger partial charge in [-0.3, -0.25) is 4.57 Å². The van der Waals surface area contributed by atoms with Gasteiger partial charge in [-0.25, -0.2) is 4.99 Å². The van der Waals surface area contributed by atoms with E-state index >= 15 is 0 Å². The minimum atomic E-state index is 0.755. The van der Waals surface area contributed by atoms with Crippen LogP contribution in [0.2, 0.25) is 0 Å². The van der Waals surface area contributed by atoms with E-state index in [1.807, 2.05) is 62.6 Å². The summed E-state index contributed by atoms with van der Waals surface area (Å²) >= 11 is 1.63. The highest BCUT2D eigenvalue weighted by molar-refractivity contribution is 7.07. The molecule has 0 aliphatic rings. The lowest BCUT2D eigenvalue weighted by molar-refractivity contribution is -0.00325. The summed E-state index contributed by atoms with van der Waals surface area (Å²) < 4.78 is 7.88. The third-order valence-corrected chi connectivity index (χ3v) is 5.03. The van der Waals surface area contributed by atoms with Gasteiger partial charge in [-0.05, 0) is 61.9 Å². The summed E-state index contributed by atoms with van der Waals surface area (Å²) in [5.41, 5.74) is 3.11. The molecule has 3 rings (SSSR count). The maximum atomic E-state index is 5.73. The molecule has 0 saturated heterocycles. The quantitative estimate of drug-likeness (QED) is 0.391. The van der Waals surface area contributed by atoms with E-state index in [2.05, 4.69) is 23.8 Å². The lowest BCUT2D eigenvalue weighted by Gasteiger charge is -2.12. The van der Waals surface area contributed by atoms with Gasteiger partial charge in [-0.2, -0.15) is 5.06 Å². The molecule has 0 saturated carbocycles. The predicted molar refractivity (Wildman–Crippen MR) is 115 cm³/mol. The summed E-state index contributed by atoms with van der Waals surface area (Å²) in [7, 11) is 3.73. The molecule has 5 nitrogen and oxygen atoms in total. The van der Waals surface area contributed by atoms with E-state index in [1.54, 1.807) is 16.4 Å². The van der Waals surface area contributed by atoms with Crippen molar-refractivity contribution >= 4 is 17.0 Å². The highest BCUT2D eigenvalue weighted by Crippen LogP contribution is 2.20. The number of hydrogen-bond donors (Lipinski definition) is 0. The van der Waals surface area contributed by atoms with Crippen LogP contribution in [0.4, 0.5) is 5.69 Å². The standard InChI is InChI=1S/C22H27N3O2S/c1-5-6-15-26-20-11-7-18(8-12-20)23-22-25(17(2)16-28-22)19-9-13-21(14-10-19)27-24(3)4/h7-14,16H,5-6,15H2,1-4H3. The molecule has 0 atom stereocenters. The molecule has 0 N–H and O–H groups in total. The first-order valence-corrected chi connectivity index (χ1v) is 10.3. The van der Waals surface area contributed by atoms with Crippen molar-refractivity contribution in [3.05, 3.63) is 64.4 Å². The fourth-order valence-electron chi connectivity index (χ4n) is 2.71. The number of aromatic nitrogens is 1. The van der Waals surface area contributed by atoms with E-state index in [0.717, 1.165) is 52.8 Å². The van der Waals surface area contributed by atoms with Crippen LogP contribution in [0.1, 0.15) is 25.5 Å². The monoisotopic (exact) mass is 397 g/mol. The van der Waals surface area contributed by atoms with Crippen molar-refractivity contribution in [1.82, 2.24) is 9.63 Å². The second kappa shape index (κ2) is 9.57. The number of nitrogens with zero attached hydrogens (tertiary/aromatic N) is 3. The van der Waals surface area contributed by atoms with Gasteiger partial charge in [-0.1, -0.05) is 13.3 Å². The van der Waals surface area contributed by atoms with Gasteiger partial charge in [0, 0.05) is 30.9 Å². The van der Waals surface area contributed by atoms with Crippen molar-refractivity contribution in [2.45, 2.75) is 26.7 Å². The topological polar surface area (TPSA) is 39.0 Å². The van der Waals surface area contributed by atoms with Crippen molar-refractivity contribution in [1.29, 1.82) is 0 Å². The first-order chi connectivity index (χ1) is 13.6. The van der Waals surface area contributed by atoms with Crippen LogP contribution in [-0.2, 0) is 0 Å². The van der Waals surface area contributed by atoms with Crippen LogP contribution in [0.15, 0.2) is 58.9 Å². The molecule has 6 heteroatoms. The molecule has 28 heavy (non-hydrogen) atoms. The summed E-state index contributed by atoms with van der Waals surface area (Å²) in [5.74, 6) is 1.69. The van der Waals surface area contributed by atoms with Crippen LogP contribution >= 0.6 is 11.3 Å². The third-order valence-electron chi connectivity index (χ3n) is 4.09. The summed E-state index contributed by atoms with van der Waals surface area (Å²) in [5, 5.41) is 3.79. The second-order valence-corrected chi connectivity index (χ2v) is 7.54. The molecule has 0 unspecified atom stereocenters. The van der Waals surface area contributed by atoms with Gasteiger partial charge in [0.15, 0.2) is 4.80 Å². The Kier molecular flexibility index (Phi) is 6.90. The van der Waals surface area contributed by atoms with Crippen molar-refractivity contribution in [2.75, 3.05) is 20.7 Å². The Morgan fingerprint density at radius 2 is 1.68 bits per heavy atom. The summed E-state index contributed by atoms with van der Waals surface area (Å²) in [6.45, 7) is 5.00. The number of aryl methyl sites for hydroxylation is 1. The fourth-order valence-corrected chi connectivity index (χ4v) is 3.61. The third kappa shape index (κ3) is 5.24. The number of hydrogen-bond acceptors (Lipinski definition) is 5. The highest BCUT2D eigenvalue weighted by atomic mass is 32.1. The Hall–Kier alpha value is -2.57. The van der Waals surface area contributed by atoms with E-state index in [4.69, 9.17) is 14.6 Å². The van der Waals surface area contributed by atoms with Crippen molar-refractivity contribution < 1.29 is 9.57 Å². The molecule has 0 amide bonds. The molecule has 1 heterocycles. The summed E-state index contributed by atoms with van der Waals surface area (Å²) in [6.07, 6.45) is 2.20. The number of rotatable bonds is 8. The molecule has 0 fully saturated rings. The molecule has 1 aromatic heterocycles. The van der Waals surface area contributed by atoms with E-state index in [1.165, 1.54) is 0 Å². The van der Waals surface area contributed by atoms with Gasteiger partial charge in [0.1, 0.15) is 11.5 Å². The van der Waals surface area contributed by atoms with Gasteiger partial charge in [0.2, 0.25) is 0 Å². The van der Waals surface area contributed by atoms with Gasteiger partial charge >= 0.3 is 0 Å². The van der Waals surface area contributed by atoms with Crippen LogP contribution in [-0.4, -0.2) is 30.3 Å². The maximum absolute atomic E-state index is 5.73. The summed E-state index contributed by atoms with van der Waals surface area (Å²) in [6, 6.07) is 16.0. The zero-order valence-electron chi connectivity index (χ0n) is 16.9. The van der Waals surface area contributed by atoms with E-state index in [9.17, 15) is 0 Å². The summed E-state index contributed by atoms with van der Waals surface area (Å²) in [4.78, 5) is 11.3. The molecule has 148 valence electrons. The van der Waals surface area contributed by atoms with Crippen LogP contribution in [0.25, 0.3) is 5.69 Å². The Morgan fingerprint density at radius 1 is 1.00 bits per heavy atom. The maximum Gasteiger partial charge on any atom is 0.194 e. The van der Waals surface area contributed by atoms with Crippen molar-refractivity contribution in [3.8, 4) is 17.2 Å². The molecule has 3 aromatic rings. The zero-order chi connectivity index (χ0) is 19.9. The minimum absolute atomic E-state index is 0.755. The predicted octanol–water partition coefficient (Wildman–Crippen LogP) is 5.11. The zero-order valence-corrected chi connectivity index (χ0v) is 17.7. The van der Waals surface area contributed by atoms with Crippen LogP contribution in [0.5, 0.6) is 11.5 Å². The van der Waals surface area contributed by atoms with E-state index in [0.29, 0.717) is 0 Å². The lowest BCUT2D eigenvalue weighted by atomic mass is 10.3. The number of ether oxygens (including phenoxy) is 1. The first-order valence-electron chi connectivity index (χ1n) is 9.47. The molecule has 0 aliphatic heterocycles. The first kappa shape index (κ1) is 20.2. The van der Waals surface area contributed by atoms with Gasteiger partial charge < -0.3 is 9.57 Å². The van der Waals surface area contributed by atoms with Gasteiger partial charge in [0.25, 0.3) is 0 Å². The fraction of sp³-hybridized carbons (Fsp3) is 0.318. The minimum Gasteiger partial charge on any atom is -0.494 e.